The van der Waals surface area contributed by atoms with Crippen molar-refractivity contribution in [3.8, 4) is 11.8 Å². The number of allylic oxidation sites excluding steroid dienone is 1. The molecular weight excluding hydrogens is 322 g/mol. The number of carbonyl (C=O) groups is 1. The van der Waals surface area contributed by atoms with Crippen LogP contribution in [0.4, 0.5) is 0 Å². The second-order valence-electron chi connectivity index (χ2n) is 5.87. The van der Waals surface area contributed by atoms with E-state index in [9.17, 15) is 10.1 Å². The minimum Gasteiger partial charge on any atom is -0.423 e. The molecule has 0 N–H and O–H groups in total. The Kier molecular flexibility index (Phi) is 5.26. The number of ether oxygens (including phenoxy) is 1. The molecule has 3 nitrogen and oxygen atoms in total. The normalized spacial score (nSPS) is 10.8. The number of hydrogen-bond acceptors (Lipinski definition) is 3. The van der Waals surface area contributed by atoms with Crippen LogP contribution in [-0.4, -0.2) is 5.97 Å². The highest BCUT2D eigenvalue weighted by Gasteiger charge is 2.09. The fraction of sp³-hybridized carbons (Fsp3) is 0.0435. The molecule has 0 saturated heterocycles. The Morgan fingerprint density at radius 1 is 0.923 bits per heavy atom. The third kappa shape index (κ3) is 4.25. The summed E-state index contributed by atoms with van der Waals surface area (Å²) in [5.41, 5.74) is 3.69. The van der Waals surface area contributed by atoms with Gasteiger partial charge < -0.3 is 4.74 Å². The van der Waals surface area contributed by atoms with Crippen molar-refractivity contribution in [2.24, 2.45) is 0 Å². The molecule has 0 bridgehead atoms. The van der Waals surface area contributed by atoms with Crippen molar-refractivity contribution in [3.63, 3.8) is 0 Å². The number of aryl methyl sites for hydroxylation is 1. The van der Waals surface area contributed by atoms with Crippen LogP contribution in [0.25, 0.3) is 11.6 Å². The van der Waals surface area contributed by atoms with Crippen molar-refractivity contribution in [2.75, 3.05) is 0 Å². The van der Waals surface area contributed by atoms with E-state index in [0.717, 1.165) is 16.7 Å². The largest absolute Gasteiger partial charge is 0.423 e. The van der Waals surface area contributed by atoms with Gasteiger partial charge >= 0.3 is 5.97 Å². The fourth-order valence-electron chi connectivity index (χ4n) is 2.57. The molecule has 0 saturated carbocycles. The average molecular weight is 339 g/mol. The van der Waals surface area contributed by atoms with Gasteiger partial charge in [0.1, 0.15) is 5.75 Å². The van der Waals surface area contributed by atoms with E-state index in [0.29, 0.717) is 16.9 Å². The Balaban J connectivity index is 1.83. The summed E-state index contributed by atoms with van der Waals surface area (Å²) in [6.07, 6.45) is 1.78. The van der Waals surface area contributed by atoms with E-state index in [1.54, 1.807) is 36.4 Å². The fourth-order valence-corrected chi connectivity index (χ4v) is 2.57. The van der Waals surface area contributed by atoms with Gasteiger partial charge in [-0.15, -0.1) is 0 Å². The van der Waals surface area contributed by atoms with Crippen LogP contribution < -0.4 is 4.74 Å². The Labute approximate surface area is 152 Å². The summed E-state index contributed by atoms with van der Waals surface area (Å²) in [6, 6.07) is 26.1. The molecule has 0 amide bonds. The highest BCUT2D eigenvalue weighted by Crippen LogP contribution is 2.21. The molecule has 3 heteroatoms. The number of rotatable bonds is 4. The Morgan fingerprint density at radius 2 is 1.65 bits per heavy atom. The molecule has 0 heterocycles. The lowest BCUT2D eigenvalue weighted by atomic mass is 10.0. The van der Waals surface area contributed by atoms with Crippen LogP contribution in [0, 0.1) is 18.3 Å². The van der Waals surface area contributed by atoms with Crippen LogP contribution in [0.5, 0.6) is 5.75 Å². The molecule has 3 aromatic carbocycles. The molecule has 126 valence electrons. The summed E-state index contributed by atoms with van der Waals surface area (Å²) in [5, 5.41) is 9.43. The van der Waals surface area contributed by atoms with Gasteiger partial charge in [-0.2, -0.15) is 5.26 Å². The van der Waals surface area contributed by atoms with Gasteiger partial charge in [0.15, 0.2) is 0 Å². The molecule has 0 aliphatic heterocycles. The van der Waals surface area contributed by atoms with Crippen molar-refractivity contribution < 1.29 is 9.53 Å². The molecule has 3 rings (SSSR count). The number of nitriles is 1. The van der Waals surface area contributed by atoms with Crippen LogP contribution in [0.2, 0.25) is 0 Å². The Morgan fingerprint density at radius 3 is 2.38 bits per heavy atom. The number of hydrogen-bond donors (Lipinski definition) is 0. The SMILES string of the molecule is Cc1cccc(C(=O)Oc2cccc(/C=C(/C#N)c3ccccc3)c2)c1. The first kappa shape index (κ1) is 17.2. The molecule has 3 aromatic rings. The lowest BCUT2D eigenvalue weighted by Gasteiger charge is -2.06. The van der Waals surface area contributed by atoms with Gasteiger partial charge in [0.2, 0.25) is 0 Å². The predicted octanol–water partition coefficient (Wildman–Crippen LogP) is 5.28. The average Bonchev–Trinajstić information content (AvgIpc) is 2.67. The van der Waals surface area contributed by atoms with Crippen molar-refractivity contribution in [1.82, 2.24) is 0 Å². The molecule has 0 radical (unpaired) electrons. The van der Waals surface area contributed by atoms with E-state index in [-0.39, 0.29) is 0 Å². The van der Waals surface area contributed by atoms with Crippen LogP contribution in [-0.2, 0) is 0 Å². The highest BCUT2D eigenvalue weighted by atomic mass is 16.5. The zero-order chi connectivity index (χ0) is 18.4. The maximum absolute atomic E-state index is 12.3. The first-order chi connectivity index (χ1) is 12.7. The van der Waals surface area contributed by atoms with Crippen LogP contribution in [0.15, 0.2) is 78.9 Å². The van der Waals surface area contributed by atoms with Crippen molar-refractivity contribution >= 4 is 17.6 Å². The van der Waals surface area contributed by atoms with Gasteiger partial charge in [-0.3, -0.25) is 0 Å². The van der Waals surface area contributed by atoms with Crippen molar-refractivity contribution in [2.45, 2.75) is 6.92 Å². The number of esters is 1. The summed E-state index contributed by atoms with van der Waals surface area (Å²) in [5.74, 6) is 0.0361. The first-order valence-electron chi connectivity index (χ1n) is 8.22. The van der Waals surface area contributed by atoms with Gasteiger partial charge in [-0.1, -0.05) is 60.2 Å². The van der Waals surface area contributed by atoms with E-state index < -0.39 is 5.97 Å². The summed E-state index contributed by atoms with van der Waals surface area (Å²) >= 11 is 0. The number of benzene rings is 3. The third-order valence-corrected chi connectivity index (χ3v) is 3.84. The summed E-state index contributed by atoms with van der Waals surface area (Å²) < 4.78 is 5.47. The maximum atomic E-state index is 12.3. The van der Waals surface area contributed by atoms with Crippen molar-refractivity contribution in [1.29, 1.82) is 5.26 Å². The molecule has 0 atom stereocenters. The smallest absolute Gasteiger partial charge is 0.343 e. The van der Waals surface area contributed by atoms with E-state index in [4.69, 9.17) is 4.74 Å². The van der Waals surface area contributed by atoms with Crippen LogP contribution in [0.3, 0.4) is 0 Å². The zero-order valence-corrected chi connectivity index (χ0v) is 14.3. The minimum absolute atomic E-state index is 0.404. The molecule has 0 unspecified atom stereocenters. The lowest BCUT2D eigenvalue weighted by Crippen LogP contribution is -2.08. The molecule has 0 spiro atoms. The topological polar surface area (TPSA) is 50.1 Å². The molecule has 0 aliphatic carbocycles. The van der Waals surface area contributed by atoms with Gasteiger partial charge in [-0.25, -0.2) is 4.79 Å². The van der Waals surface area contributed by atoms with Crippen LogP contribution >= 0.6 is 0 Å². The van der Waals surface area contributed by atoms with E-state index >= 15 is 0 Å². The van der Waals surface area contributed by atoms with E-state index in [1.807, 2.05) is 55.5 Å². The second-order valence-corrected chi connectivity index (χ2v) is 5.87. The molecule has 0 aromatic heterocycles. The lowest BCUT2D eigenvalue weighted by molar-refractivity contribution is 0.0734. The standard InChI is InChI=1S/C23H17NO2/c1-17-7-5-11-20(13-17)23(25)26-22-12-6-8-18(15-22)14-21(16-24)19-9-3-2-4-10-19/h2-15H,1H3/b21-14-. The minimum atomic E-state index is -0.404. The zero-order valence-electron chi connectivity index (χ0n) is 14.3. The number of nitrogens with zero attached hydrogens (tertiary/aromatic N) is 1. The molecule has 26 heavy (non-hydrogen) atoms. The molecular formula is C23H17NO2. The second kappa shape index (κ2) is 7.96. The van der Waals surface area contributed by atoms with E-state index in [1.165, 1.54) is 0 Å². The van der Waals surface area contributed by atoms with E-state index in [2.05, 4.69) is 6.07 Å². The number of carbonyl (C=O) groups excluding carboxylic acids is 1. The molecule has 0 aliphatic rings. The monoisotopic (exact) mass is 339 g/mol. The Hall–Kier alpha value is -3.64. The maximum Gasteiger partial charge on any atom is 0.343 e. The van der Waals surface area contributed by atoms with Crippen molar-refractivity contribution in [3.05, 3.63) is 101 Å². The first-order valence-corrected chi connectivity index (χ1v) is 8.22. The Bertz CT molecular complexity index is 998. The highest BCUT2D eigenvalue weighted by molar-refractivity contribution is 5.92. The van der Waals surface area contributed by atoms with Gasteiger partial charge in [0, 0.05) is 0 Å². The van der Waals surface area contributed by atoms with Gasteiger partial charge in [0.25, 0.3) is 0 Å². The molecule has 0 fully saturated rings. The summed E-state index contributed by atoms with van der Waals surface area (Å²) in [6.45, 7) is 1.93. The van der Waals surface area contributed by atoms with Gasteiger partial charge in [0.05, 0.1) is 17.2 Å². The van der Waals surface area contributed by atoms with Crippen LogP contribution in [0.1, 0.15) is 27.0 Å². The predicted molar refractivity (Wildman–Crippen MR) is 103 cm³/mol. The summed E-state index contributed by atoms with van der Waals surface area (Å²) in [4.78, 5) is 12.3. The van der Waals surface area contributed by atoms with Gasteiger partial charge in [-0.05, 0) is 48.4 Å². The quantitative estimate of drug-likeness (QED) is 0.281. The summed E-state index contributed by atoms with van der Waals surface area (Å²) in [7, 11) is 0. The third-order valence-electron chi connectivity index (χ3n) is 3.84.